The van der Waals surface area contributed by atoms with E-state index in [-0.39, 0.29) is 0 Å². The minimum Gasteiger partial charge on any atom is -0.374 e. The zero-order chi connectivity index (χ0) is 21.0. The molecule has 0 saturated heterocycles. The number of nitrogens with zero attached hydrogens (tertiary/aromatic N) is 3. The highest BCUT2D eigenvalue weighted by Gasteiger charge is 2.26. The van der Waals surface area contributed by atoms with Crippen LogP contribution in [0.1, 0.15) is 23.0 Å². The van der Waals surface area contributed by atoms with Gasteiger partial charge in [0.05, 0.1) is 18.6 Å². The van der Waals surface area contributed by atoms with E-state index in [1.165, 1.54) is 11.3 Å². The molecule has 0 radical (unpaired) electrons. The number of H-pyrrole nitrogens is 1. The number of aromatic nitrogens is 2. The summed E-state index contributed by atoms with van der Waals surface area (Å²) < 4.78 is 0. The molecule has 31 heavy (non-hydrogen) atoms. The number of aliphatic hydroxyl groups excluding tert-OH is 1. The van der Waals surface area contributed by atoms with Gasteiger partial charge in [-0.1, -0.05) is 72.8 Å². The summed E-state index contributed by atoms with van der Waals surface area (Å²) in [7, 11) is 0. The summed E-state index contributed by atoms with van der Waals surface area (Å²) in [5.74, 6) is 0. The third kappa shape index (κ3) is 4.10. The molecular weight excluding hydrogens is 384 g/mol. The Morgan fingerprint density at radius 1 is 0.903 bits per heavy atom. The number of rotatable bonds is 5. The number of benzene rings is 3. The normalized spacial score (nSPS) is 15.3. The second-order valence-corrected chi connectivity index (χ2v) is 7.92. The van der Waals surface area contributed by atoms with Gasteiger partial charge in [-0.2, -0.15) is 0 Å². The van der Waals surface area contributed by atoms with Crippen molar-refractivity contribution in [3.8, 4) is 11.1 Å². The van der Waals surface area contributed by atoms with Gasteiger partial charge in [0.1, 0.15) is 6.23 Å². The second-order valence-electron chi connectivity index (χ2n) is 7.92. The first-order valence-corrected chi connectivity index (χ1v) is 10.7. The lowest BCUT2D eigenvalue weighted by Gasteiger charge is -2.28. The largest absolute Gasteiger partial charge is 0.374 e. The number of hydrogen-bond acceptors (Lipinski definition) is 4. The van der Waals surface area contributed by atoms with Crippen molar-refractivity contribution in [1.29, 1.82) is 0 Å². The van der Waals surface area contributed by atoms with Crippen LogP contribution in [0.5, 0.6) is 0 Å². The minimum atomic E-state index is -0.684. The Morgan fingerprint density at radius 3 is 2.52 bits per heavy atom. The van der Waals surface area contributed by atoms with E-state index in [1.54, 1.807) is 6.33 Å². The van der Waals surface area contributed by atoms with E-state index in [1.807, 2.05) is 42.6 Å². The van der Waals surface area contributed by atoms with Crippen LogP contribution in [0, 0.1) is 0 Å². The molecule has 2 heterocycles. The van der Waals surface area contributed by atoms with Crippen LogP contribution in [0.15, 0.2) is 91.4 Å². The van der Waals surface area contributed by atoms with Gasteiger partial charge in [0.2, 0.25) is 0 Å². The third-order valence-electron chi connectivity index (χ3n) is 5.95. The van der Waals surface area contributed by atoms with Crippen LogP contribution < -0.4 is 4.90 Å². The molecule has 4 aromatic rings. The van der Waals surface area contributed by atoms with Crippen LogP contribution in [-0.2, 0) is 13.1 Å². The third-order valence-corrected chi connectivity index (χ3v) is 5.95. The van der Waals surface area contributed by atoms with E-state index < -0.39 is 6.23 Å². The van der Waals surface area contributed by atoms with Gasteiger partial charge in [0.15, 0.2) is 0 Å². The molecule has 156 valence electrons. The van der Waals surface area contributed by atoms with Gasteiger partial charge in [-0.05, 0) is 22.8 Å². The number of imidazole rings is 1. The average Bonchev–Trinajstić information content (AvgIpc) is 3.27. The molecule has 1 aliphatic rings. The lowest BCUT2D eigenvalue weighted by Crippen LogP contribution is -2.34. The number of para-hydroxylation sites is 1. The first-order valence-electron chi connectivity index (χ1n) is 10.7. The first kappa shape index (κ1) is 19.5. The smallest absolute Gasteiger partial charge is 0.134 e. The van der Waals surface area contributed by atoms with Gasteiger partial charge in [0.25, 0.3) is 0 Å². The molecule has 1 atom stereocenters. The lowest BCUT2D eigenvalue weighted by molar-refractivity contribution is -0.000629. The van der Waals surface area contributed by atoms with Crippen molar-refractivity contribution >= 4 is 5.69 Å². The molecule has 5 rings (SSSR count). The van der Waals surface area contributed by atoms with Gasteiger partial charge >= 0.3 is 0 Å². The maximum atomic E-state index is 11.5. The average molecular weight is 411 g/mol. The van der Waals surface area contributed by atoms with Crippen molar-refractivity contribution in [1.82, 2.24) is 14.9 Å². The molecule has 0 fully saturated rings. The Balaban J connectivity index is 1.45. The molecule has 0 spiro atoms. The molecular formula is C26H26N4O. The fourth-order valence-electron chi connectivity index (χ4n) is 4.37. The Bertz CT molecular complexity index is 1130. The van der Waals surface area contributed by atoms with Crippen LogP contribution in [0.25, 0.3) is 11.1 Å². The van der Waals surface area contributed by atoms with Gasteiger partial charge in [-0.25, -0.2) is 4.98 Å². The summed E-state index contributed by atoms with van der Waals surface area (Å²) in [6.45, 7) is 3.04. The van der Waals surface area contributed by atoms with Crippen molar-refractivity contribution in [2.24, 2.45) is 0 Å². The molecule has 1 aromatic heterocycles. The van der Waals surface area contributed by atoms with E-state index in [9.17, 15) is 5.11 Å². The van der Waals surface area contributed by atoms with E-state index >= 15 is 0 Å². The van der Waals surface area contributed by atoms with E-state index in [0.717, 1.165) is 42.0 Å². The molecule has 5 heteroatoms. The molecule has 3 aromatic carbocycles. The van der Waals surface area contributed by atoms with E-state index in [0.29, 0.717) is 6.54 Å². The molecule has 2 N–H and O–H groups in total. The summed E-state index contributed by atoms with van der Waals surface area (Å²) in [6, 6.07) is 26.9. The van der Waals surface area contributed by atoms with Gasteiger partial charge in [0, 0.05) is 37.1 Å². The van der Waals surface area contributed by atoms with Crippen LogP contribution in [0.4, 0.5) is 5.69 Å². The number of aliphatic hydroxyl groups is 1. The fourth-order valence-corrected chi connectivity index (χ4v) is 4.37. The summed E-state index contributed by atoms with van der Waals surface area (Å²) >= 11 is 0. The second kappa shape index (κ2) is 8.76. The molecule has 0 amide bonds. The standard InChI is InChI=1S/C26H26N4O/c31-26(24-12-6-5-11-23(24)20-8-2-1-3-9-20)30-15-14-29(18-22-16-27-19-28-22)25-13-7-4-10-21(25)17-30/h1-13,16,19,26,31H,14-15,17-18H2,(H,27,28). The lowest BCUT2D eigenvalue weighted by atomic mass is 9.98. The summed E-state index contributed by atoms with van der Waals surface area (Å²) in [5.41, 5.74) is 6.64. The molecule has 5 nitrogen and oxygen atoms in total. The fraction of sp³-hybridized carbons (Fsp3) is 0.192. The van der Waals surface area contributed by atoms with E-state index in [2.05, 4.69) is 62.2 Å². The van der Waals surface area contributed by atoms with Crippen LogP contribution >= 0.6 is 0 Å². The van der Waals surface area contributed by atoms with Crippen molar-refractivity contribution < 1.29 is 5.11 Å². The number of hydrogen-bond donors (Lipinski definition) is 2. The Labute approximate surface area is 182 Å². The maximum absolute atomic E-state index is 11.5. The van der Waals surface area contributed by atoms with Crippen molar-refractivity contribution in [2.45, 2.75) is 19.3 Å². The predicted molar refractivity (Wildman–Crippen MR) is 123 cm³/mol. The predicted octanol–water partition coefficient (Wildman–Crippen LogP) is 4.59. The Kier molecular flexibility index (Phi) is 5.52. The Hall–Kier alpha value is -3.41. The topological polar surface area (TPSA) is 55.4 Å². The van der Waals surface area contributed by atoms with Crippen molar-refractivity contribution in [2.75, 3.05) is 18.0 Å². The van der Waals surface area contributed by atoms with Crippen molar-refractivity contribution in [3.63, 3.8) is 0 Å². The highest BCUT2D eigenvalue weighted by molar-refractivity contribution is 5.67. The monoisotopic (exact) mass is 410 g/mol. The van der Waals surface area contributed by atoms with Gasteiger partial charge in [-0.3, -0.25) is 4.90 Å². The van der Waals surface area contributed by atoms with Crippen molar-refractivity contribution in [3.05, 3.63) is 108 Å². The number of nitrogens with one attached hydrogen (secondary N) is 1. The molecule has 1 unspecified atom stereocenters. The maximum Gasteiger partial charge on any atom is 0.134 e. The highest BCUT2D eigenvalue weighted by atomic mass is 16.3. The molecule has 0 bridgehead atoms. The molecule has 0 aliphatic carbocycles. The van der Waals surface area contributed by atoms with Crippen LogP contribution in [0.2, 0.25) is 0 Å². The summed E-state index contributed by atoms with van der Waals surface area (Å²) in [4.78, 5) is 11.9. The quantitative estimate of drug-likeness (QED) is 0.505. The molecule has 0 saturated carbocycles. The number of fused-ring (bicyclic) bond motifs is 1. The van der Waals surface area contributed by atoms with Crippen LogP contribution in [0.3, 0.4) is 0 Å². The summed E-state index contributed by atoms with van der Waals surface area (Å²) in [6.07, 6.45) is 2.91. The number of anilines is 1. The Morgan fingerprint density at radius 2 is 1.68 bits per heavy atom. The van der Waals surface area contributed by atoms with Crippen LogP contribution in [-0.4, -0.2) is 33.1 Å². The number of aromatic amines is 1. The highest BCUT2D eigenvalue weighted by Crippen LogP contribution is 2.33. The first-order chi connectivity index (χ1) is 15.3. The zero-order valence-corrected chi connectivity index (χ0v) is 17.4. The van der Waals surface area contributed by atoms with Gasteiger partial charge in [-0.15, -0.1) is 0 Å². The zero-order valence-electron chi connectivity index (χ0n) is 17.4. The van der Waals surface area contributed by atoms with Gasteiger partial charge < -0.3 is 15.0 Å². The minimum absolute atomic E-state index is 0.684. The molecule has 1 aliphatic heterocycles. The summed E-state index contributed by atoms with van der Waals surface area (Å²) in [5, 5.41) is 11.5. The SMILES string of the molecule is OC(c1ccccc1-c1ccccc1)N1CCN(Cc2cnc[nH]2)c2ccccc2C1. The van der Waals surface area contributed by atoms with E-state index in [4.69, 9.17) is 0 Å².